The second kappa shape index (κ2) is 7.19. The number of rotatable bonds is 5. The molecule has 3 aromatic rings. The van der Waals surface area contributed by atoms with Gasteiger partial charge in [-0.3, -0.25) is 4.99 Å². The van der Waals surface area contributed by atoms with Gasteiger partial charge < -0.3 is 4.57 Å². The first-order valence-electron chi connectivity index (χ1n) is 8.35. The number of aromatic nitrogens is 2. The molecule has 3 rings (SSSR count). The zero-order chi connectivity index (χ0) is 19.8. The first-order chi connectivity index (χ1) is 12.7. The van der Waals surface area contributed by atoms with Crippen LogP contribution >= 0.6 is 0 Å². The van der Waals surface area contributed by atoms with E-state index in [1.165, 1.54) is 12.1 Å². The van der Waals surface area contributed by atoms with Crippen LogP contribution in [0.1, 0.15) is 31.3 Å². The maximum Gasteiger partial charge on any atom is 0.341 e. The van der Waals surface area contributed by atoms with Crippen LogP contribution in [0.25, 0.3) is 11.0 Å². The quantitative estimate of drug-likeness (QED) is 0.594. The summed E-state index contributed by atoms with van der Waals surface area (Å²) in [6.45, 7) is 5.71. The summed E-state index contributed by atoms with van der Waals surface area (Å²) in [5, 5.41) is 0. The predicted octanol–water partition coefficient (Wildman–Crippen LogP) is 4.67. The SMILES string of the molecule is Cc1nc2cc(S(=O)(=O)C(F)F)cc(N=Cc3ccccc3)c2n1C(C)C. The normalized spacial score (nSPS) is 12.7. The third kappa shape index (κ3) is 3.62. The summed E-state index contributed by atoms with van der Waals surface area (Å²) in [5.74, 6) is -2.85. The molecule has 0 amide bonds. The van der Waals surface area contributed by atoms with Crippen molar-refractivity contribution < 1.29 is 17.2 Å². The van der Waals surface area contributed by atoms with E-state index in [1.807, 2.05) is 48.7 Å². The lowest BCUT2D eigenvalue weighted by molar-refractivity contribution is 0.235. The molecular weight excluding hydrogens is 372 g/mol. The number of sulfone groups is 1. The molecule has 0 aliphatic carbocycles. The van der Waals surface area contributed by atoms with E-state index in [0.717, 1.165) is 5.56 Å². The largest absolute Gasteiger partial charge is 0.341 e. The van der Waals surface area contributed by atoms with E-state index in [4.69, 9.17) is 0 Å². The zero-order valence-electron chi connectivity index (χ0n) is 15.1. The Balaban J connectivity index is 2.28. The maximum absolute atomic E-state index is 13.0. The highest BCUT2D eigenvalue weighted by Crippen LogP contribution is 2.34. The molecule has 0 atom stereocenters. The number of halogens is 2. The summed E-state index contributed by atoms with van der Waals surface area (Å²) in [4.78, 5) is 8.28. The molecular formula is C19H19F2N3O2S. The van der Waals surface area contributed by atoms with Crippen molar-refractivity contribution in [3.8, 4) is 0 Å². The van der Waals surface area contributed by atoms with Gasteiger partial charge >= 0.3 is 5.76 Å². The number of aliphatic imine (C=N–C) groups is 1. The molecule has 1 heterocycles. The number of aryl methyl sites for hydroxylation is 1. The number of nitrogens with zero attached hydrogens (tertiary/aromatic N) is 3. The molecule has 0 saturated carbocycles. The first-order valence-corrected chi connectivity index (χ1v) is 9.90. The van der Waals surface area contributed by atoms with Crippen molar-refractivity contribution in [3.05, 3.63) is 53.9 Å². The Kier molecular flexibility index (Phi) is 5.10. The fourth-order valence-electron chi connectivity index (χ4n) is 2.98. The van der Waals surface area contributed by atoms with Crippen LogP contribution in [0.3, 0.4) is 0 Å². The predicted molar refractivity (Wildman–Crippen MR) is 102 cm³/mol. The molecule has 142 valence electrons. The molecule has 0 unspecified atom stereocenters. The van der Waals surface area contributed by atoms with Crippen LogP contribution in [-0.4, -0.2) is 29.9 Å². The summed E-state index contributed by atoms with van der Waals surface area (Å²) in [5.41, 5.74) is 2.02. The van der Waals surface area contributed by atoms with Gasteiger partial charge in [0.1, 0.15) is 5.82 Å². The minimum atomic E-state index is -4.75. The molecule has 2 aromatic carbocycles. The van der Waals surface area contributed by atoms with Gasteiger partial charge in [0.05, 0.1) is 21.6 Å². The van der Waals surface area contributed by atoms with E-state index in [1.54, 1.807) is 13.1 Å². The number of imidazole rings is 1. The topological polar surface area (TPSA) is 64.3 Å². The molecule has 0 radical (unpaired) electrons. The second-order valence-corrected chi connectivity index (χ2v) is 8.33. The van der Waals surface area contributed by atoms with Gasteiger partial charge in [-0.2, -0.15) is 8.78 Å². The standard InChI is InChI=1S/C19H19F2N3O2S/c1-12(2)24-13(3)23-17-10-15(27(25,26)19(20)21)9-16(18(17)24)22-11-14-7-5-4-6-8-14/h4-12,19H,1-3H3. The third-order valence-corrected chi connectivity index (χ3v) is 5.51. The average Bonchev–Trinajstić information content (AvgIpc) is 2.96. The first kappa shape index (κ1) is 19.2. The molecule has 8 heteroatoms. The van der Waals surface area contributed by atoms with E-state index in [9.17, 15) is 17.2 Å². The van der Waals surface area contributed by atoms with Gasteiger partial charge in [0.15, 0.2) is 0 Å². The van der Waals surface area contributed by atoms with E-state index in [-0.39, 0.29) is 11.7 Å². The minimum Gasteiger partial charge on any atom is -0.324 e. The summed E-state index contributed by atoms with van der Waals surface area (Å²) < 4.78 is 52.0. The highest BCUT2D eigenvalue weighted by atomic mass is 32.2. The highest BCUT2D eigenvalue weighted by Gasteiger charge is 2.28. The maximum atomic E-state index is 13.0. The number of benzene rings is 2. The highest BCUT2D eigenvalue weighted by molar-refractivity contribution is 7.91. The number of alkyl halides is 2. The molecule has 0 bridgehead atoms. The number of fused-ring (bicyclic) bond motifs is 1. The fourth-order valence-corrected chi connectivity index (χ4v) is 3.74. The van der Waals surface area contributed by atoms with Gasteiger partial charge in [0.2, 0.25) is 9.84 Å². The van der Waals surface area contributed by atoms with Crippen molar-refractivity contribution in [2.75, 3.05) is 0 Å². The summed E-state index contributed by atoms with van der Waals surface area (Å²) in [7, 11) is -4.75. The molecule has 0 aliphatic heterocycles. The Morgan fingerprint density at radius 2 is 1.81 bits per heavy atom. The molecule has 0 N–H and O–H groups in total. The average molecular weight is 391 g/mol. The Morgan fingerprint density at radius 3 is 2.41 bits per heavy atom. The Labute approximate surface area is 156 Å². The van der Waals surface area contributed by atoms with Crippen molar-refractivity contribution in [1.29, 1.82) is 0 Å². The summed E-state index contributed by atoms with van der Waals surface area (Å²) in [6.07, 6.45) is 1.57. The third-order valence-electron chi connectivity index (χ3n) is 4.15. The molecule has 1 aromatic heterocycles. The molecule has 0 saturated heterocycles. The van der Waals surface area contributed by atoms with E-state index >= 15 is 0 Å². The molecule has 0 aliphatic rings. The van der Waals surface area contributed by atoms with Crippen LogP contribution < -0.4 is 0 Å². The van der Waals surface area contributed by atoms with Crippen molar-refractivity contribution in [2.45, 2.75) is 37.5 Å². The van der Waals surface area contributed by atoms with Gasteiger partial charge in [-0.05, 0) is 38.5 Å². The van der Waals surface area contributed by atoms with Crippen LogP contribution in [-0.2, 0) is 9.84 Å². The van der Waals surface area contributed by atoms with Gasteiger partial charge in [0, 0.05) is 12.3 Å². The van der Waals surface area contributed by atoms with Crippen LogP contribution in [0.5, 0.6) is 0 Å². The zero-order valence-corrected chi connectivity index (χ0v) is 15.9. The van der Waals surface area contributed by atoms with Gasteiger partial charge in [-0.15, -0.1) is 0 Å². The number of hydrogen-bond donors (Lipinski definition) is 0. The summed E-state index contributed by atoms with van der Waals surface area (Å²) >= 11 is 0. The monoisotopic (exact) mass is 391 g/mol. The Bertz CT molecular complexity index is 1100. The summed E-state index contributed by atoms with van der Waals surface area (Å²) in [6, 6.07) is 11.6. The van der Waals surface area contributed by atoms with Crippen molar-refractivity contribution >= 4 is 32.8 Å². The van der Waals surface area contributed by atoms with Crippen LogP contribution in [0.2, 0.25) is 0 Å². The van der Waals surface area contributed by atoms with Gasteiger partial charge in [-0.25, -0.2) is 13.4 Å². The van der Waals surface area contributed by atoms with E-state index in [0.29, 0.717) is 16.9 Å². The Morgan fingerprint density at radius 1 is 1.15 bits per heavy atom. The van der Waals surface area contributed by atoms with Gasteiger partial charge in [0.25, 0.3) is 0 Å². The number of hydrogen-bond acceptors (Lipinski definition) is 4. The molecule has 27 heavy (non-hydrogen) atoms. The molecule has 0 fully saturated rings. The van der Waals surface area contributed by atoms with E-state index in [2.05, 4.69) is 9.98 Å². The Hall–Kier alpha value is -2.61. The smallest absolute Gasteiger partial charge is 0.324 e. The second-order valence-electron chi connectivity index (χ2n) is 6.41. The molecule has 5 nitrogen and oxygen atoms in total. The van der Waals surface area contributed by atoms with Crippen LogP contribution in [0.4, 0.5) is 14.5 Å². The van der Waals surface area contributed by atoms with Gasteiger partial charge in [-0.1, -0.05) is 30.3 Å². The lowest BCUT2D eigenvalue weighted by Gasteiger charge is -2.13. The van der Waals surface area contributed by atoms with Crippen LogP contribution in [0, 0.1) is 6.92 Å². The van der Waals surface area contributed by atoms with E-state index < -0.39 is 20.5 Å². The van der Waals surface area contributed by atoms with Crippen molar-refractivity contribution in [2.24, 2.45) is 4.99 Å². The van der Waals surface area contributed by atoms with Crippen molar-refractivity contribution in [3.63, 3.8) is 0 Å². The minimum absolute atomic E-state index is 0.0400. The van der Waals surface area contributed by atoms with Crippen LogP contribution in [0.15, 0.2) is 52.4 Å². The molecule has 0 spiro atoms. The van der Waals surface area contributed by atoms with Crippen molar-refractivity contribution in [1.82, 2.24) is 9.55 Å². The lowest BCUT2D eigenvalue weighted by Crippen LogP contribution is -2.11. The lowest BCUT2D eigenvalue weighted by atomic mass is 10.2. The fraction of sp³-hybridized carbons (Fsp3) is 0.263.